The molecule has 2 saturated heterocycles. The fourth-order valence-corrected chi connectivity index (χ4v) is 3.81. The van der Waals surface area contributed by atoms with Crippen molar-refractivity contribution >= 4 is 7.05 Å². The predicted molar refractivity (Wildman–Crippen MR) is 79.1 cm³/mol. The number of nitrogens with zero attached hydrogens (tertiary/aromatic N) is 1. The highest BCUT2D eigenvalue weighted by Gasteiger charge is 2.49. The average molecular weight is 276 g/mol. The summed E-state index contributed by atoms with van der Waals surface area (Å²) < 4.78 is 14.6. The second-order valence-electron chi connectivity index (χ2n) is 6.03. The van der Waals surface area contributed by atoms with Gasteiger partial charge in [0, 0.05) is 24.7 Å². The molecule has 2 N–H and O–H groups in total. The first kappa shape index (κ1) is 14.0. The zero-order chi connectivity index (χ0) is 14.1. The van der Waals surface area contributed by atoms with E-state index in [1.54, 1.807) is 6.82 Å². The third kappa shape index (κ3) is 2.62. The molecule has 2 fully saturated rings. The van der Waals surface area contributed by atoms with E-state index in [1.165, 1.54) is 5.56 Å². The zero-order valence-corrected chi connectivity index (χ0v) is 11.9. The highest BCUT2D eigenvalue weighted by atomic mass is 19.1. The Labute approximate surface area is 120 Å². The van der Waals surface area contributed by atoms with Gasteiger partial charge in [-0.25, -0.2) is 4.39 Å². The van der Waals surface area contributed by atoms with Gasteiger partial charge in [0.2, 0.25) is 0 Å². The van der Waals surface area contributed by atoms with E-state index in [1.807, 2.05) is 23.0 Å². The topological polar surface area (TPSA) is 35.5 Å². The van der Waals surface area contributed by atoms with E-state index in [0.29, 0.717) is 12.6 Å². The molecule has 108 valence electrons. The van der Waals surface area contributed by atoms with E-state index >= 15 is 0 Å². The molecule has 0 radical (unpaired) electrons. The first-order chi connectivity index (χ1) is 9.66. The Morgan fingerprint density at radius 2 is 2.10 bits per heavy atom. The second kappa shape index (κ2) is 5.84. The number of hydrogen-bond donors (Lipinski definition) is 2. The van der Waals surface area contributed by atoms with Crippen LogP contribution in [0.3, 0.4) is 0 Å². The smallest absolute Gasteiger partial charge is 0.376 e. The van der Waals surface area contributed by atoms with Gasteiger partial charge in [-0.3, -0.25) is 0 Å². The average Bonchev–Trinajstić information content (AvgIpc) is 2.80. The number of halogens is 1. The van der Waals surface area contributed by atoms with Crippen molar-refractivity contribution in [2.75, 3.05) is 0 Å². The summed E-state index contributed by atoms with van der Waals surface area (Å²) in [4.78, 5) is 1.96. The van der Waals surface area contributed by atoms with Crippen molar-refractivity contribution in [1.82, 2.24) is 10.1 Å². The lowest BCUT2D eigenvalue weighted by atomic mass is 9.78. The van der Waals surface area contributed by atoms with E-state index in [9.17, 15) is 9.41 Å². The van der Waals surface area contributed by atoms with Crippen LogP contribution in [0.5, 0.6) is 0 Å². The summed E-state index contributed by atoms with van der Waals surface area (Å²) in [6, 6.07) is 10.2. The highest BCUT2D eigenvalue weighted by Crippen LogP contribution is 2.37. The summed E-state index contributed by atoms with van der Waals surface area (Å²) in [6.07, 6.45) is 1.75. The number of rotatable bonds is 4. The van der Waals surface area contributed by atoms with E-state index < -0.39 is 13.2 Å². The molecule has 2 unspecified atom stereocenters. The fraction of sp³-hybridized carbons (Fsp3) is 0.600. The molecule has 0 saturated carbocycles. The molecule has 2 aliphatic heterocycles. The Bertz CT molecular complexity index is 445. The third-order valence-corrected chi connectivity index (χ3v) is 4.72. The Morgan fingerprint density at radius 3 is 2.80 bits per heavy atom. The summed E-state index contributed by atoms with van der Waals surface area (Å²) in [7, 11) is -0.541. The van der Waals surface area contributed by atoms with Crippen molar-refractivity contribution < 1.29 is 9.41 Å². The second-order valence-corrected chi connectivity index (χ2v) is 6.03. The third-order valence-electron chi connectivity index (χ3n) is 4.72. The maximum atomic E-state index is 14.6. The maximum absolute atomic E-state index is 14.6. The lowest BCUT2D eigenvalue weighted by Gasteiger charge is -2.42. The molecular formula is C15H22BFN2O. The Hall–Kier alpha value is -0.905. The van der Waals surface area contributed by atoms with Crippen LogP contribution in [0.4, 0.5) is 4.39 Å². The Morgan fingerprint density at radius 1 is 1.35 bits per heavy atom. The van der Waals surface area contributed by atoms with Gasteiger partial charge in [0.1, 0.15) is 6.17 Å². The molecule has 0 amide bonds. The SMILES string of the molecule is CB(O)N1C2CCC1[C@H](F)[C@H](NCc1ccccc1)C2. The largest absolute Gasteiger partial charge is 0.437 e. The maximum Gasteiger partial charge on any atom is 0.376 e. The van der Waals surface area contributed by atoms with Gasteiger partial charge in [-0.15, -0.1) is 0 Å². The van der Waals surface area contributed by atoms with Crippen molar-refractivity contribution in [1.29, 1.82) is 0 Å². The lowest BCUT2D eigenvalue weighted by molar-refractivity contribution is 0.0823. The minimum absolute atomic E-state index is 0.0947. The van der Waals surface area contributed by atoms with Gasteiger partial charge in [-0.2, -0.15) is 0 Å². The summed E-state index contributed by atoms with van der Waals surface area (Å²) in [5.41, 5.74) is 1.19. The number of piperidine rings is 1. The van der Waals surface area contributed by atoms with E-state index in [-0.39, 0.29) is 12.1 Å². The first-order valence-electron chi connectivity index (χ1n) is 7.53. The monoisotopic (exact) mass is 276 g/mol. The molecule has 4 atom stereocenters. The molecule has 0 aromatic heterocycles. The summed E-state index contributed by atoms with van der Waals surface area (Å²) in [5.74, 6) is 0. The van der Waals surface area contributed by atoms with E-state index in [4.69, 9.17) is 0 Å². The zero-order valence-electron chi connectivity index (χ0n) is 11.9. The Kier molecular flexibility index (Phi) is 4.10. The van der Waals surface area contributed by atoms with Crippen molar-refractivity contribution in [3.05, 3.63) is 35.9 Å². The lowest BCUT2D eigenvalue weighted by Crippen LogP contribution is -2.60. The van der Waals surface area contributed by atoms with Crippen molar-refractivity contribution in [2.24, 2.45) is 0 Å². The van der Waals surface area contributed by atoms with E-state index in [0.717, 1.165) is 19.3 Å². The summed E-state index contributed by atoms with van der Waals surface area (Å²) in [6.45, 7) is 2.45. The normalized spacial score (nSPS) is 33.4. The number of benzene rings is 1. The number of nitrogens with one attached hydrogen (secondary N) is 1. The minimum Gasteiger partial charge on any atom is -0.437 e. The molecule has 20 heavy (non-hydrogen) atoms. The molecule has 0 spiro atoms. The van der Waals surface area contributed by atoms with Crippen molar-refractivity contribution in [3.63, 3.8) is 0 Å². The van der Waals surface area contributed by atoms with Crippen LogP contribution in [0.15, 0.2) is 30.3 Å². The number of alkyl halides is 1. The van der Waals surface area contributed by atoms with Gasteiger partial charge in [-0.05, 0) is 31.6 Å². The van der Waals surface area contributed by atoms with Crippen molar-refractivity contribution in [2.45, 2.75) is 56.9 Å². The molecule has 0 aliphatic carbocycles. The van der Waals surface area contributed by atoms with E-state index in [2.05, 4.69) is 17.4 Å². The van der Waals surface area contributed by atoms with Gasteiger partial charge in [0.25, 0.3) is 0 Å². The summed E-state index contributed by atoms with van der Waals surface area (Å²) in [5, 5.41) is 13.2. The van der Waals surface area contributed by atoms with Crippen LogP contribution in [0.2, 0.25) is 6.82 Å². The van der Waals surface area contributed by atoms with Gasteiger partial charge in [0.15, 0.2) is 0 Å². The van der Waals surface area contributed by atoms with Gasteiger partial charge in [0.05, 0.1) is 0 Å². The molecule has 2 heterocycles. The van der Waals surface area contributed by atoms with Gasteiger partial charge < -0.3 is 15.2 Å². The first-order valence-corrected chi connectivity index (χ1v) is 7.53. The molecule has 3 rings (SSSR count). The minimum atomic E-state index is -0.896. The Balaban J connectivity index is 1.62. The van der Waals surface area contributed by atoms with Crippen LogP contribution in [-0.2, 0) is 6.54 Å². The van der Waals surface area contributed by atoms with Crippen LogP contribution in [0.1, 0.15) is 24.8 Å². The highest BCUT2D eigenvalue weighted by molar-refractivity contribution is 6.45. The molecule has 1 aromatic rings. The van der Waals surface area contributed by atoms with Crippen LogP contribution < -0.4 is 5.32 Å². The predicted octanol–water partition coefficient (Wildman–Crippen LogP) is 1.83. The molecule has 3 nitrogen and oxygen atoms in total. The molecule has 1 aromatic carbocycles. The van der Waals surface area contributed by atoms with Gasteiger partial charge in [-0.1, -0.05) is 30.3 Å². The molecule has 2 bridgehead atoms. The standard InChI is InChI=1S/C15H22BFN2O/c1-16(20)19-12-7-8-14(19)15(17)13(9-12)18-10-11-5-3-2-4-6-11/h2-6,12-15,18,20H,7-10H2,1H3/t12?,13-,14?,15-/m1/s1. The summed E-state index contributed by atoms with van der Waals surface area (Å²) >= 11 is 0. The number of fused-ring (bicyclic) bond motifs is 2. The van der Waals surface area contributed by atoms with Crippen LogP contribution in [0, 0.1) is 0 Å². The molecular weight excluding hydrogens is 254 g/mol. The van der Waals surface area contributed by atoms with Gasteiger partial charge >= 0.3 is 7.05 Å². The molecule has 2 aliphatic rings. The quantitative estimate of drug-likeness (QED) is 0.824. The van der Waals surface area contributed by atoms with Crippen LogP contribution in [0.25, 0.3) is 0 Å². The fourth-order valence-electron chi connectivity index (χ4n) is 3.81. The van der Waals surface area contributed by atoms with Crippen molar-refractivity contribution in [3.8, 4) is 0 Å². The number of hydrogen-bond acceptors (Lipinski definition) is 3. The van der Waals surface area contributed by atoms with Crippen LogP contribution >= 0.6 is 0 Å². The van der Waals surface area contributed by atoms with Crippen LogP contribution in [-0.4, -0.2) is 41.2 Å². The molecule has 5 heteroatoms.